The normalized spacial score (nSPS) is 17.4. The molecule has 0 saturated carbocycles. The van der Waals surface area contributed by atoms with E-state index in [9.17, 15) is 14.4 Å². The predicted octanol–water partition coefficient (Wildman–Crippen LogP) is 4.50. The smallest absolute Gasteiger partial charge is 0.344 e. The highest BCUT2D eigenvalue weighted by molar-refractivity contribution is 9.10. The molecule has 0 spiro atoms. The van der Waals surface area contributed by atoms with Crippen LogP contribution in [0.1, 0.15) is 29.8 Å². The Morgan fingerprint density at radius 1 is 1.12 bits per heavy atom. The van der Waals surface area contributed by atoms with Gasteiger partial charge in [0, 0.05) is 25.7 Å². The summed E-state index contributed by atoms with van der Waals surface area (Å²) in [7, 11) is 1.66. The maximum atomic E-state index is 13.1. The molecule has 2 heterocycles. The van der Waals surface area contributed by atoms with E-state index in [1.54, 1.807) is 61.3 Å². The van der Waals surface area contributed by atoms with Crippen LogP contribution in [0.2, 0.25) is 0 Å². The van der Waals surface area contributed by atoms with E-state index in [2.05, 4.69) is 20.9 Å². The molecule has 2 aromatic carbocycles. The number of amidine groups is 1. The largest absolute Gasteiger partial charge is 0.490 e. The Kier molecular flexibility index (Phi) is 10.2. The predicted molar refractivity (Wildman–Crippen MR) is 156 cm³/mol. The molecular weight excluding hydrogens is 602 g/mol. The first-order valence-electron chi connectivity index (χ1n) is 12.8. The summed E-state index contributed by atoms with van der Waals surface area (Å²) in [5, 5.41) is 0.491. The third-order valence-electron chi connectivity index (χ3n) is 5.89. The van der Waals surface area contributed by atoms with Gasteiger partial charge in [-0.3, -0.25) is 14.5 Å². The minimum Gasteiger partial charge on any atom is -0.490 e. The Morgan fingerprint density at radius 3 is 2.62 bits per heavy atom. The molecule has 0 N–H and O–H groups in total. The first kappa shape index (κ1) is 29.6. The van der Waals surface area contributed by atoms with Crippen LogP contribution >= 0.6 is 27.7 Å². The van der Waals surface area contributed by atoms with E-state index in [1.165, 1.54) is 16.7 Å². The number of esters is 1. The number of thioether (sulfide) groups is 1. The molecule has 12 heteroatoms. The summed E-state index contributed by atoms with van der Waals surface area (Å²) in [6.45, 7) is 6.10. The van der Waals surface area contributed by atoms with Crippen LogP contribution in [-0.2, 0) is 19.1 Å². The highest BCUT2D eigenvalue weighted by atomic mass is 79.9. The molecule has 0 aliphatic carbocycles. The van der Waals surface area contributed by atoms with Gasteiger partial charge in [-0.05, 0) is 83.5 Å². The van der Waals surface area contributed by atoms with E-state index in [1.807, 2.05) is 6.92 Å². The van der Waals surface area contributed by atoms with E-state index in [-0.39, 0.29) is 25.0 Å². The van der Waals surface area contributed by atoms with Gasteiger partial charge in [-0.1, -0.05) is 6.07 Å². The number of amides is 2. The van der Waals surface area contributed by atoms with Crippen LogP contribution in [0.25, 0.3) is 6.08 Å². The Hall–Kier alpha value is -3.35. The molecule has 10 nitrogen and oxygen atoms in total. The molecule has 4 rings (SSSR count). The summed E-state index contributed by atoms with van der Waals surface area (Å²) in [5.74, 6) is 0.0310. The number of hydrogen-bond donors (Lipinski definition) is 0. The van der Waals surface area contributed by atoms with Gasteiger partial charge in [-0.25, -0.2) is 9.79 Å². The molecule has 2 aliphatic rings. The van der Waals surface area contributed by atoms with E-state index in [0.717, 1.165) is 0 Å². The first-order chi connectivity index (χ1) is 19.3. The summed E-state index contributed by atoms with van der Waals surface area (Å²) >= 11 is 4.72. The van der Waals surface area contributed by atoms with E-state index in [4.69, 9.17) is 18.9 Å². The molecule has 212 valence electrons. The van der Waals surface area contributed by atoms with Gasteiger partial charge in [0.15, 0.2) is 23.3 Å². The average molecular weight is 633 g/mol. The number of carbonyl (C=O) groups excluding carboxylic acids is 3. The maximum absolute atomic E-state index is 13.1. The van der Waals surface area contributed by atoms with Crippen LogP contribution < -0.4 is 9.47 Å². The van der Waals surface area contributed by atoms with Gasteiger partial charge in [0.1, 0.15) is 0 Å². The van der Waals surface area contributed by atoms with Gasteiger partial charge < -0.3 is 23.8 Å². The molecule has 0 radical (unpaired) electrons. The van der Waals surface area contributed by atoms with Gasteiger partial charge in [0.05, 0.1) is 41.5 Å². The number of ether oxygens (including phenoxy) is 4. The molecule has 0 atom stereocenters. The number of hydrogen-bond acceptors (Lipinski definition) is 9. The van der Waals surface area contributed by atoms with E-state index in [0.29, 0.717) is 75.8 Å². The van der Waals surface area contributed by atoms with Crippen molar-refractivity contribution in [1.82, 2.24) is 9.80 Å². The van der Waals surface area contributed by atoms with Crippen molar-refractivity contribution in [2.75, 3.05) is 53.2 Å². The van der Waals surface area contributed by atoms with Crippen molar-refractivity contribution in [3.05, 3.63) is 56.9 Å². The lowest BCUT2D eigenvalue weighted by atomic mass is 10.1. The standard InChI is InChI=1S/C28H30BrN3O7S/c1-4-37-22-14-18(13-21(29)25(22)39-17-24(33)38-5-2)15-23-27(35)31(3)28(40-23)30-20-8-6-7-19(16-20)26(34)32-9-11-36-12-10-32/h6-8,13-16H,4-5,9-12,17H2,1-3H3/b23-15+,30-28?. The molecule has 0 unspecified atom stereocenters. The second-order valence-electron chi connectivity index (χ2n) is 8.68. The summed E-state index contributed by atoms with van der Waals surface area (Å²) in [5.41, 5.74) is 1.81. The SMILES string of the molecule is CCOC(=O)COc1c(Br)cc(/C=C2/SC(=Nc3cccc(C(=O)N4CCOCC4)c3)N(C)C2=O)cc1OCC. The minimum atomic E-state index is -0.484. The number of halogens is 1. The van der Waals surface area contributed by atoms with Gasteiger partial charge in [-0.2, -0.15) is 0 Å². The monoisotopic (exact) mass is 631 g/mol. The van der Waals surface area contributed by atoms with Crippen LogP contribution in [0.4, 0.5) is 5.69 Å². The molecule has 2 amide bonds. The number of benzene rings is 2. The summed E-state index contributed by atoms with van der Waals surface area (Å²) in [6.07, 6.45) is 1.74. The molecule has 2 aromatic rings. The Bertz CT molecular complexity index is 1340. The number of carbonyl (C=O) groups is 3. The number of nitrogens with zero attached hydrogens (tertiary/aromatic N) is 3. The number of likely N-dealkylation sites (N-methyl/N-ethyl adjacent to an activating group) is 1. The zero-order valence-electron chi connectivity index (χ0n) is 22.5. The molecule has 2 aliphatic heterocycles. The molecular formula is C28H30BrN3O7S. The quantitative estimate of drug-likeness (QED) is 0.294. The van der Waals surface area contributed by atoms with Crippen LogP contribution in [0.15, 0.2) is 50.8 Å². The van der Waals surface area contributed by atoms with Gasteiger partial charge in [0.2, 0.25) is 0 Å². The van der Waals surface area contributed by atoms with Gasteiger partial charge in [-0.15, -0.1) is 0 Å². The zero-order valence-corrected chi connectivity index (χ0v) is 24.9. The van der Waals surface area contributed by atoms with Crippen molar-refractivity contribution in [2.45, 2.75) is 13.8 Å². The van der Waals surface area contributed by atoms with Crippen molar-refractivity contribution in [2.24, 2.45) is 4.99 Å². The Labute approximate surface area is 245 Å². The number of rotatable bonds is 9. The van der Waals surface area contributed by atoms with Crippen LogP contribution in [0.5, 0.6) is 11.5 Å². The van der Waals surface area contributed by atoms with Crippen molar-refractivity contribution in [3.8, 4) is 11.5 Å². The first-order valence-corrected chi connectivity index (χ1v) is 14.4. The second-order valence-corrected chi connectivity index (χ2v) is 10.5. The lowest BCUT2D eigenvalue weighted by Gasteiger charge is -2.26. The lowest BCUT2D eigenvalue weighted by molar-refractivity contribution is -0.145. The molecule has 0 bridgehead atoms. The van der Waals surface area contributed by atoms with Gasteiger partial charge >= 0.3 is 5.97 Å². The minimum absolute atomic E-state index is 0.0696. The van der Waals surface area contributed by atoms with E-state index >= 15 is 0 Å². The highest BCUT2D eigenvalue weighted by Crippen LogP contribution is 2.39. The van der Waals surface area contributed by atoms with Gasteiger partial charge in [0.25, 0.3) is 11.8 Å². The van der Waals surface area contributed by atoms with Crippen LogP contribution in [-0.4, -0.2) is 85.9 Å². The topological polar surface area (TPSA) is 107 Å². The van der Waals surface area contributed by atoms with Crippen molar-refractivity contribution in [3.63, 3.8) is 0 Å². The zero-order chi connectivity index (χ0) is 28.6. The Morgan fingerprint density at radius 2 is 1.90 bits per heavy atom. The van der Waals surface area contributed by atoms with Crippen LogP contribution in [0.3, 0.4) is 0 Å². The molecule has 2 saturated heterocycles. The Balaban J connectivity index is 1.54. The summed E-state index contributed by atoms with van der Waals surface area (Å²) < 4.78 is 22.2. The van der Waals surface area contributed by atoms with Crippen molar-refractivity contribution in [1.29, 1.82) is 0 Å². The highest BCUT2D eigenvalue weighted by Gasteiger charge is 2.31. The molecule has 0 aromatic heterocycles. The van der Waals surface area contributed by atoms with Crippen molar-refractivity contribution >= 4 is 62.4 Å². The summed E-state index contributed by atoms with van der Waals surface area (Å²) in [6, 6.07) is 10.6. The summed E-state index contributed by atoms with van der Waals surface area (Å²) in [4.78, 5) is 46.1. The fraction of sp³-hybridized carbons (Fsp3) is 0.357. The van der Waals surface area contributed by atoms with Crippen LogP contribution in [0, 0.1) is 0 Å². The second kappa shape index (κ2) is 13.8. The number of aliphatic imine (C=N–C) groups is 1. The third kappa shape index (κ3) is 7.23. The van der Waals surface area contributed by atoms with E-state index < -0.39 is 5.97 Å². The fourth-order valence-electron chi connectivity index (χ4n) is 3.98. The van der Waals surface area contributed by atoms with Crippen molar-refractivity contribution < 1.29 is 33.3 Å². The third-order valence-corrected chi connectivity index (χ3v) is 7.54. The maximum Gasteiger partial charge on any atom is 0.344 e. The average Bonchev–Trinajstić information content (AvgIpc) is 3.20. The number of morpholine rings is 1. The molecule has 40 heavy (non-hydrogen) atoms. The molecule has 2 fully saturated rings. The fourth-order valence-corrected chi connectivity index (χ4v) is 5.54. The lowest BCUT2D eigenvalue weighted by Crippen LogP contribution is -2.40.